The summed E-state index contributed by atoms with van der Waals surface area (Å²) in [5, 5.41) is 10.5. The van der Waals surface area contributed by atoms with Crippen molar-refractivity contribution in [1.82, 2.24) is 4.57 Å². The van der Waals surface area contributed by atoms with Crippen LogP contribution in [0.15, 0.2) is 224 Å². The summed E-state index contributed by atoms with van der Waals surface area (Å²) in [5.41, 5.74) is 10.1. The van der Waals surface area contributed by atoms with Crippen LogP contribution in [0, 0.1) is 0 Å². The van der Waals surface area contributed by atoms with Crippen LogP contribution in [0.1, 0.15) is 0 Å². The van der Waals surface area contributed by atoms with Gasteiger partial charge in [-0.25, -0.2) is 0 Å². The van der Waals surface area contributed by atoms with E-state index in [0.717, 1.165) is 39.8 Å². The van der Waals surface area contributed by atoms with Crippen molar-refractivity contribution in [1.29, 1.82) is 0 Å². The summed E-state index contributed by atoms with van der Waals surface area (Å²) in [4.78, 5) is 4.79. The molecule has 0 amide bonds. The molecule has 3 nitrogen and oxygen atoms in total. The molecule has 0 spiro atoms. The molecule has 0 atom stereocenters. The van der Waals surface area contributed by atoms with E-state index in [1.165, 1.54) is 62.6 Å². The zero-order valence-corrected chi connectivity index (χ0v) is 34.3. The number of rotatable bonds is 7. The van der Waals surface area contributed by atoms with Crippen LogP contribution < -0.4 is 9.80 Å². The van der Waals surface area contributed by atoms with E-state index in [2.05, 4.69) is 239 Å². The van der Waals surface area contributed by atoms with Gasteiger partial charge in [0.1, 0.15) is 0 Å². The molecule has 0 unspecified atom stereocenters. The normalized spacial score (nSPS) is 11.7. The molecule has 0 aliphatic heterocycles. The first-order valence-corrected chi connectivity index (χ1v) is 22.1. The van der Waals surface area contributed by atoms with Gasteiger partial charge in [-0.15, -0.1) is 0 Å². The van der Waals surface area contributed by atoms with Gasteiger partial charge in [-0.05, 0) is 18.2 Å². The van der Waals surface area contributed by atoms with E-state index in [1.807, 2.05) is 0 Å². The molecule has 0 aliphatic carbocycles. The van der Waals surface area contributed by atoms with Crippen molar-refractivity contribution < 1.29 is 0 Å². The quantitative estimate of drug-likeness (QED) is 0.117. The third-order valence-electron chi connectivity index (χ3n) is 11.9. The molecule has 0 saturated heterocycles. The molecule has 12 rings (SSSR count). The van der Waals surface area contributed by atoms with Crippen LogP contribution in [0.2, 0.25) is 0 Å². The fourth-order valence-corrected chi connectivity index (χ4v) is 11.9. The van der Waals surface area contributed by atoms with Gasteiger partial charge in [0, 0.05) is 16.5 Å². The second kappa shape index (κ2) is 14.2. The van der Waals surface area contributed by atoms with Crippen molar-refractivity contribution in [3.8, 4) is 5.69 Å². The van der Waals surface area contributed by atoms with Gasteiger partial charge in [-0.1, -0.05) is 60.7 Å². The van der Waals surface area contributed by atoms with Gasteiger partial charge >= 0.3 is 245 Å². The van der Waals surface area contributed by atoms with E-state index in [-0.39, 0.29) is 14.5 Å². The summed E-state index contributed by atoms with van der Waals surface area (Å²) in [6, 6.07) is 82.0. The molecule has 282 valence electrons. The Kier molecular flexibility index (Phi) is 8.19. The second-order valence-electron chi connectivity index (χ2n) is 15.4. The minimum absolute atomic E-state index is 0.239. The van der Waals surface area contributed by atoms with Gasteiger partial charge in [0.15, 0.2) is 0 Å². The Balaban J connectivity index is 1.05. The first-order chi connectivity index (χ1) is 29.8. The van der Waals surface area contributed by atoms with Crippen LogP contribution in [-0.2, 0) is 0 Å². The molecule has 2 aromatic heterocycles. The van der Waals surface area contributed by atoms with Crippen LogP contribution in [0.3, 0.4) is 0 Å². The van der Waals surface area contributed by atoms with Gasteiger partial charge < -0.3 is 4.57 Å². The Morgan fingerprint density at radius 2 is 0.833 bits per heavy atom. The second-order valence-corrected chi connectivity index (χ2v) is 17.6. The minimum atomic E-state index is 0.239. The van der Waals surface area contributed by atoms with E-state index in [0.29, 0.717) is 0 Å². The number of benzene rings is 10. The topological polar surface area (TPSA) is 11.4 Å². The van der Waals surface area contributed by atoms with E-state index in [4.69, 9.17) is 0 Å². The van der Waals surface area contributed by atoms with E-state index in [1.54, 1.807) is 0 Å². The molecule has 0 saturated carbocycles. The number of aromatic nitrogens is 1. The zero-order chi connectivity index (χ0) is 39.6. The number of para-hydroxylation sites is 4. The van der Waals surface area contributed by atoms with Crippen molar-refractivity contribution in [2.75, 3.05) is 9.80 Å². The molecule has 0 fully saturated rings. The summed E-state index contributed by atoms with van der Waals surface area (Å²) in [7, 11) is 0. The summed E-state index contributed by atoms with van der Waals surface area (Å²) < 4.78 is 5.34. The predicted molar refractivity (Wildman–Crippen MR) is 257 cm³/mol. The predicted octanol–water partition coefficient (Wildman–Crippen LogP) is 15.4. The molecule has 0 bridgehead atoms. The van der Waals surface area contributed by atoms with Crippen molar-refractivity contribution in [2.45, 2.75) is 0 Å². The van der Waals surface area contributed by atoms with Crippen LogP contribution >= 0.6 is 0 Å². The maximum atomic E-state index is 2.42. The van der Waals surface area contributed by atoms with Crippen molar-refractivity contribution in [2.24, 2.45) is 0 Å². The Morgan fingerprint density at radius 3 is 1.58 bits per heavy atom. The Hall–Kier alpha value is -7.36. The summed E-state index contributed by atoms with van der Waals surface area (Å²) in [6.07, 6.45) is 0. The first kappa shape index (κ1) is 34.7. The number of anilines is 6. The number of fused-ring (bicyclic) bond motifs is 10. The SMILES string of the molecule is c1ccc(N(c2cccc(N(c3ccccc3)c3ccc4c5ccccc5n(-c5ccccc5)c4c3)c2)c2ccc3ccc4ccc5c6ccccc6[se]c5c4c3c2)cc1. The Bertz CT molecular complexity index is 3550. The molecule has 10 aromatic carbocycles. The molecule has 12 aromatic rings. The van der Waals surface area contributed by atoms with Gasteiger partial charge in [0.2, 0.25) is 0 Å². The van der Waals surface area contributed by atoms with E-state index in [9.17, 15) is 0 Å². The zero-order valence-electron chi connectivity index (χ0n) is 32.6. The van der Waals surface area contributed by atoms with Crippen LogP contribution in [0.4, 0.5) is 34.1 Å². The molecule has 0 radical (unpaired) electrons. The molecule has 4 heteroatoms. The van der Waals surface area contributed by atoms with Gasteiger partial charge in [0.05, 0.1) is 11.0 Å². The molecule has 0 N–H and O–H groups in total. The third kappa shape index (κ3) is 5.65. The third-order valence-corrected chi connectivity index (χ3v) is 14.4. The monoisotopic (exact) mass is 831 g/mol. The maximum absolute atomic E-state index is 2.42. The van der Waals surface area contributed by atoms with Crippen LogP contribution in [0.25, 0.3) is 68.3 Å². The van der Waals surface area contributed by atoms with Crippen molar-refractivity contribution >= 4 is 111 Å². The van der Waals surface area contributed by atoms with Crippen LogP contribution in [-0.4, -0.2) is 19.1 Å². The average Bonchev–Trinajstić information content (AvgIpc) is 3.86. The molecule has 2 heterocycles. The van der Waals surface area contributed by atoms with Gasteiger partial charge in [-0.2, -0.15) is 0 Å². The Labute approximate surface area is 354 Å². The standard InChI is InChI=1S/C56H37N3Se/c1-4-15-40(16-5-1)57(45-31-29-38-27-28-39-30-33-50-49-24-11-13-26-54(49)60-56(50)55(39)51(38)36-45)43-21-14-22-44(35-43)58(41-17-6-2-7-18-41)46-32-34-48-47-23-10-12-25-52(47)59(53(48)37-46)42-19-8-3-9-20-42/h1-37H. The number of nitrogens with zero attached hydrogens (tertiary/aromatic N) is 3. The number of hydrogen-bond donors (Lipinski definition) is 0. The van der Waals surface area contributed by atoms with Crippen molar-refractivity contribution in [3.05, 3.63) is 224 Å². The molecular weight excluding hydrogens is 794 g/mol. The fraction of sp³-hybridized carbons (Fsp3) is 0. The molecular formula is C56H37N3Se. The first-order valence-electron chi connectivity index (χ1n) is 20.4. The Morgan fingerprint density at radius 1 is 0.317 bits per heavy atom. The van der Waals surface area contributed by atoms with E-state index < -0.39 is 0 Å². The van der Waals surface area contributed by atoms with Gasteiger partial charge in [0.25, 0.3) is 0 Å². The number of hydrogen-bond acceptors (Lipinski definition) is 2. The van der Waals surface area contributed by atoms with Crippen molar-refractivity contribution in [3.63, 3.8) is 0 Å². The molecule has 0 aliphatic rings. The summed E-state index contributed by atoms with van der Waals surface area (Å²) >= 11 is 0.239. The summed E-state index contributed by atoms with van der Waals surface area (Å²) in [5.74, 6) is 0. The molecule has 60 heavy (non-hydrogen) atoms. The van der Waals surface area contributed by atoms with Gasteiger partial charge in [-0.3, -0.25) is 0 Å². The van der Waals surface area contributed by atoms with Crippen LogP contribution in [0.5, 0.6) is 0 Å². The average molecular weight is 831 g/mol. The van der Waals surface area contributed by atoms with E-state index >= 15 is 0 Å². The summed E-state index contributed by atoms with van der Waals surface area (Å²) in [6.45, 7) is 0. The fourth-order valence-electron chi connectivity index (χ4n) is 9.22.